The molecule has 4 nitrogen and oxygen atoms in total. The SMILES string of the molecule is Cc1ccc(C(=O)NN(C(=O)c2ccccc2C(F)(F)F)C(C)(C)C)cc1. The van der Waals surface area contributed by atoms with Crippen molar-refractivity contribution in [2.75, 3.05) is 0 Å². The summed E-state index contributed by atoms with van der Waals surface area (Å²) in [7, 11) is 0. The molecule has 1 N–H and O–H groups in total. The molecule has 0 spiro atoms. The minimum atomic E-state index is -4.68. The van der Waals surface area contributed by atoms with Gasteiger partial charge in [-0.15, -0.1) is 0 Å². The zero-order valence-corrected chi connectivity index (χ0v) is 15.5. The highest BCUT2D eigenvalue weighted by molar-refractivity contribution is 6.00. The average molecular weight is 378 g/mol. The lowest BCUT2D eigenvalue weighted by Crippen LogP contribution is -2.56. The molecular weight excluding hydrogens is 357 g/mol. The summed E-state index contributed by atoms with van der Waals surface area (Å²) in [6.07, 6.45) is -4.68. The molecule has 0 saturated heterocycles. The highest BCUT2D eigenvalue weighted by Crippen LogP contribution is 2.33. The van der Waals surface area contributed by atoms with Gasteiger partial charge in [-0.2, -0.15) is 13.2 Å². The van der Waals surface area contributed by atoms with Crippen LogP contribution >= 0.6 is 0 Å². The van der Waals surface area contributed by atoms with Crippen LogP contribution in [0, 0.1) is 6.92 Å². The second kappa shape index (κ2) is 7.42. The van der Waals surface area contributed by atoms with Crippen LogP contribution in [0.15, 0.2) is 48.5 Å². The van der Waals surface area contributed by atoms with Gasteiger partial charge in [-0.3, -0.25) is 15.0 Å². The summed E-state index contributed by atoms with van der Waals surface area (Å²) >= 11 is 0. The molecule has 0 aliphatic carbocycles. The van der Waals surface area contributed by atoms with Crippen molar-refractivity contribution < 1.29 is 22.8 Å². The first kappa shape index (κ1) is 20.5. The van der Waals surface area contributed by atoms with Gasteiger partial charge in [0.05, 0.1) is 16.7 Å². The number of nitrogens with zero attached hydrogens (tertiary/aromatic N) is 1. The van der Waals surface area contributed by atoms with Gasteiger partial charge in [0.2, 0.25) is 0 Å². The minimum Gasteiger partial charge on any atom is -0.267 e. The molecular formula is C20H21F3N2O2. The molecule has 0 aromatic heterocycles. The summed E-state index contributed by atoms with van der Waals surface area (Å²) in [5, 5.41) is 0.930. The number of halogens is 3. The van der Waals surface area contributed by atoms with Gasteiger partial charge in [0, 0.05) is 5.56 Å². The van der Waals surface area contributed by atoms with Gasteiger partial charge in [-0.1, -0.05) is 29.8 Å². The first-order valence-electron chi connectivity index (χ1n) is 8.29. The van der Waals surface area contributed by atoms with E-state index in [4.69, 9.17) is 0 Å². The van der Waals surface area contributed by atoms with Gasteiger partial charge < -0.3 is 0 Å². The summed E-state index contributed by atoms with van der Waals surface area (Å²) in [6.45, 7) is 6.73. The van der Waals surface area contributed by atoms with Crippen LogP contribution in [0.1, 0.15) is 52.6 Å². The van der Waals surface area contributed by atoms with E-state index in [-0.39, 0.29) is 0 Å². The molecule has 0 bridgehead atoms. The van der Waals surface area contributed by atoms with Gasteiger partial charge in [0.25, 0.3) is 11.8 Å². The number of benzene rings is 2. The summed E-state index contributed by atoms with van der Waals surface area (Å²) in [4.78, 5) is 25.4. The van der Waals surface area contributed by atoms with Crippen molar-refractivity contribution in [1.29, 1.82) is 0 Å². The Hall–Kier alpha value is -2.83. The van der Waals surface area contributed by atoms with Gasteiger partial charge in [-0.05, 0) is 52.0 Å². The van der Waals surface area contributed by atoms with Crippen LogP contribution in [0.3, 0.4) is 0 Å². The van der Waals surface area contributed by atoms with Crippen LogP contribution in [-0.4, -0.2) is 22.4 Å². The molecule has 0 radical (unpaired) electrons. The van der Waals surface area contributed by atoms with Gasteiger partial charge in [-0.25, -0.2) is 5.01 Å². The highest BCUT2D eigenvalue weighted by atomic mass is 19.4. The fraction of sp³-hybridized carbons (Fsp3) is 0.300. The van der Waals surface area contributed by atoms with Gasteiger partial charge >= 0.3 is 6.18 Å². The van der Waals surface area contributed by atoms with Crippen molar-refractivity contribution in [3.05, 3.63) is 70.8 Å². The number of nitrogens with one attached hydrogen (secondary N) is 1. The molecule has 0 fully saturated rings. The van der Waals surface area contributed by atoms with Crippen molar-refractivity contribution in [3.8, 4) is 0 Å². The predicted octanol–water partition coefficient (Wildman–Crippen LogP) is 4.60. The van der Waals surface area contributed by atoms with Crippen molar-refractivity contribution in [2.45, 2.75) is 39.4 Å². The Balaban J connectivity index is 2.39. The molecule has 0 unspecified atom stereocenters. The van der Waals surface area contributed by atoms with E-state index in [1.807, 2.05) is 6.92 Å². The zero-order valence-electron chi connectivity index (χ0n) is 15.5. The first-order chi connectivity index (χ1) is 12.4. The Morgan fingerprint density at radius 3 is 2.00 bits per heavy atom. The largest absolute Gasteiger partial charge is 0.417 e. The average Bonchev–Trinajstić information content (AvgIpc) is 2.57. The zero-order chi connectivity index (χ0) is 20.4. The molecule has 0 saturated carbocycles. The number of carbonyl (C=O) groups excluding carboxylic acids is 2. The van der Waals surface area contributed by atoms with Crippen LogP contribution in [0.5, 0.6) is 0 Å². The lowest BCUT2D eigenvalue weighted by molar-refractivity contribution is -0.138. The standard InChI is InChI=1S/C20H21F3N2O2/c1-13-9-11-14(12-10-13)17(26)24-25(19(2,3)4)18(27)15-7-5-6-8-16(15)20(21,22)23/h5-12H,1-4H3,(H,24,26). The van der Waals surface area contributed by atoms with E-state index in [9.17, 15) is 22.8 Å². The third-order valence-electron chi connectivity index (χ3n) is 3.86. The van der Waals surface area contributed by atoms with Crippen LogP contribution in [-0.2, 0) is 6.18 Å². The molecule has 2 aromatic carbocycles. The molecule has 0 heterocycles. The molecule has 0 aliphatic rings. The Labute approximate surface area is 156 Å². The number of carbonyl (C=O) groups is 2. The van der Waals surface area contributed by atoms with Gasteiger partial charge in [0.15, 0.2) is 0 Å². The molecule has 2 rings (SSSR count). The number of hydrogen-bond donors (Lipinski definition) is 1. The monoisotopic (exact) mass is 378 g/mol. The number of alkyl halides is 3. The maximum atomic E-state index is 13.3. The Bertz CT molecular complexity index is 838. The Morgan fingerprint density at radius 2 is 1.48 bits per heavy atom. The smallest absolute Gasteiger partial charge is 0.267 e. The van der Waals surface area contributed by atoms with Gasteiger partial charge in [0.1, 0.15) is 0 Å². The molecule has 2 aromatic rings. The second-order valence-electron chi connectivity index (χ2n) is 7.16. The van der Waals surface area contributed by atoms with E-state index in [0.717, 1.165) is 22.7 Å². The van der Waals surface area contributed by atoms with Crippen molar-refractivity contribution in [1.82, 2.24) is 10.4 Å². The lowest BCUT2D eigenvalue weighted by Gasteiger charge is -2.36. The second-order valence-corrected chi connectivity index (χ2v) is 7.16. The van der Waals surface area contributed by atoms with E-state index in [2.05, 4.69) is 5.43 Å². The summed E-state index contributed by atoms with van der Waals surface area (Å²) in [5.74, 6) is -1.52. The molecule has 27 heavy (non-hydrogen) atoms. The number of aryl methyl sites for hydroxylation is 1. The number of amides is 2. The highest BCUT2D eigenvalue weighted by Gasteiger charge is 2.38. The van der Waals surface area contributed by atoms with Crippen molar-refractivity contribution in [2.24, 2.45) is 0 Å². The number of hydrogen-bond acceptors (Lipinski definition) is 2. The minimum absolute atomic E-state index is 0.298. The number of hydrazine groups is 1. The summed E-state index contributed by atoms with van der Waals surface area (Å²) in [6, 6.07) is 11.1. The molecule has 144 valence electrons. The van der Waals surface area contributed by atoms with Crippen LogP contribution in [0.2, 0.25) is 0 Å². The van der Waals surface area contributed by atoms with E-state index in [1.165, 1.54) is 12.1 Å². The van der Waals surface area contributed by atoms with Crippen molar-refractivity contribution in [3.63, 3.8) is 0 Å². The summed E-state index contributed by atoms with van der Waals surface area (Å²) < 4.78 is 39.8. The van der Waals surface area contributed by atoms with E-state index in [0.29, 0.717) is 5.56 Å². The Kier molecular flexibility index (Phi) is 5.63. The van der Waals surface area contributed by atoms with E-state index < -0.39 is 34.7 Å². The molecule has 0 atom stereocenters. The fourth-order valence-corrected chi connectivity index (χ4v) is 2.43. The normalized spacial score (nSPS) is 11.8. The predicted molar refractivity (Wildman–Crippen MR) is 96.0 cm³/mol. The Morgan fingerprint density at radius 1 is 0.926 bits per heavy atom. The number of rotatable bonds is 2. The third kappa shape index (κ3) is 4.87. The van der Waals surface area contributed by atoms with E-state index in [1.54, 1.807) is 45.0 Å². The quantitative estimate of drug-likeness (QED) is 0.777. The van der Waals surface area contributed by atoms with Crippen LogP contribution in [0.4, 0.5) is 13.2 Å². The van der Waals surface area contributed by atoms with Crippen LogP contribution in [0.25, 0.3) is 0 Å². The first-order valence-corrected chi connectivity index (χ1v) is 8.29. The van der Waals surface area contributed by atoms with E-state index >= 15 is 0 Å². The fourth-order valence-electron chi connectivity index (χ4n) is 2.43. The summed E-state index contributed by atoms with van der Waals surface area (Å²) in [5.41, 5.74) is 1.18. The maximum Gasteiger partial charge on any atom is 0.417 e. The van der Waals surface area contributed by atoms with Crippen LogP contribution < -0.4 is 5.43 Å². The topological polar surface area (TPSA) is 49.4 Å². The molecule has 7 heteroatoms. The molecule has 2 amide bonds. The lowest BCUT2D eigenvalue weighted by atomic mass is 10.0. The maximum absolute atomic E-state index is 13.3. The third-order valence-corrected chi connectivity index (χ3v) is 3.86. The van der Waals surface area contributed by atoms with Crippen molar-refractivity contribution >= 4 is 11.8 Å². The molecule has 0 aliphatic heterocycles.